The summed E-state index contributed by atoms with van der Waals surface area (Å²) in [4.78, 5) is 14.1. The fourth-order valence-corrected chi connectivity index (χ4v) is 3.52. The normalized spacial score (nSPS) is 23.0. The predicted octanol–water partition coefficient (Wildman–Crippen LogP) is 1.52. The minimum atomic E-state index is -0.619. The van der Waals surface area contributed by atoms with Crippen molar-refractivity contribution in [2.24, 2.45) is 5.41 Å². The number of carboxylic acid groups (broad SMARTS) is 1. The van der Waals surface area contributed by atoms with Crippen LogP contribution in [0.25, 0.3) is 0 Å². The van der Waals surface area contributed by atoms with Gasteiger partial charge in [-0.3, -0.25) is 9.69 Å². The molecule has 6 heteroatoms. The number of hydrogen-bond acceptors (Lipinski definition) is 4. The summed E-state index contributed by atoms with van der Waals surface area (Å²) < 4.78 is 2.05. The van der Waals surface area contributed by atoms with E-state index >= 15 is 0 Å². The van der Waals surface area contributed by atoms with Gasteiger partial charge in [-0.2, -0.15) is 0 Å². The smallest absolute Gasteiger partial charge is 0.310 e. The van der Waals surface area contributed by atoms with Gasteiger partial charge in [0.05, 0.1) is 12.0 Å². The Bertz CT molecular complexity index is 477. The predicted molar refractivity (Wildman–Crippen MR) is 73.1 cm³/mol. The molecule has 2 aliphatic rings. The largest absolute Gasteiger partial charge is 0.481 e. The topological polar surface area (TPSA) is 71.2 Å². The van der Waals surface area contributed by atoms with Gasteiger partial charge in [-0.1, -0.05) is 25.7 Å². The molecule has 1 aromatic rings. The van der Waals surface area contributed by atoms with Crippen LogP contribution >= 0.6 is 0 Å². The maximum Gasteiger partial charge on any atom is 0.310 e. The fourth-order valence-electron chi connectivity index (χ4n) is 3.52. The molecule has 3 rings (SSSR count). The summed E-state index contributed by atoms with van der Waals surface area (Å²) in [6.07, 6.45) is 7.79. The van der Waals surface area contributed by atoms with Gasteiger partial charge in [-0.05, 0) is 12.8 Å². The van der Waals surface area contributed by atoms with Crippen molar-refractivity contribution in [3.05, 3.63) is 12.2 Å². The SMILES string of the molecule is O=C(O)C1(CN2CCn3cnnc3C2)CCCCCC1. The molecule has 1 aliphatic heterocycles. The minimum absolute atomic E-state index is 0.557. The molecule has 20 heavy (non-hydrogen) atoms. The van der Waals surface area contributed by atoms with Gasteiger partial charge in [0.15, 0.2) is 0 Å². The van der Waals surface area contributed by atoms with Gasteiger partial charge >= 0.3 is 5.97 Å². The third kappa shape index (κ3) is 2.57. The molecule has 0 bridgehead atoms. The van der Waals surface area contributed by atoms with Crippen molar-refractivity contribution < 1.29 is 9.90 Å². The Balaban J connectivity index is 1.72. The summed E-state index contributed by atoms with van der Waals surface area (Å²) >= 11 is 0. The van der Waals surface area contributed by atoms with E-state index in [0.29, 0.717) is 6.54 Å². The van der Waals surface area contributed by atoms with E-state index in [4.69, 9.17) is 0 Å². The van der Waals surface area contributed by atoms with Crippen LogP contribution in [0.15, 0.2) is 6.33 Å². The number of aromatic nitrogens is 3. The lowest BCUT2D eigenvalue weighted by Gasteiger charge is -2.36. The van der Waals surface area contributed by atoms with Gasteiger partial charge in [0, 0.05) is 19.6 Å². The highest BCUT2D eigenvalue weighted by Crippen LogP contribution is 2.36. The highest BCUT2D eigenvalue weighted by atomic mass is 16.4. The average molecular weight is 278 g/mol. The first-order chi connectivity index (χ1) is 9.70. The van der Waals surface area contributed by atoms with Crippen LogP contribution in [0, 0.1) is 5.41 Å². The lowest BCUT2D eigenvalue weighted by Crippen LogP contribution is -2.45. The zero-order chi connectivity index (χ0) is 14.0. The molecule has 0 amide bonds. The third-order valence-electron chi connectivity index (χ3n) is 4.76. The molecular formula is C14H22N4O2. The van der Waals surface area contributed by atoms with E-state index in [1.807, 2.05) is 0 Å². The lowest BCUT2D eigenvalue weighted by molar-refractivity contribution is -0.151. The van der Waals surface area contributed by atoms with Crippen LogP contribution in [0.1, 0.15) is 44.3 Å². The van der Waals surface area contributed by atoms with Gasteiger partial charge in [0.1, 0.15) is 12.2 Å². The maximum absolute atomic E-state index is 11.8. The maximum atomic E-state index is 11.8. The number of fused-ring (bicyclic) bond motifs is 1. The monoisotopic (exact) mass is 278 g/mol. The first kappa shape index (κ1) is 13.5. The number of nitrogens with zero attached hydrogens (tertiary/aromatic N) is 4. The first-order valence-electron chi connectivity index (χ1n) is 7.52. The lowest BCUT2D eigenvalue weighted by atomic mass is 9.79. The van der Waals surface area contributed by atoms with E-state index in [2.05, 4.69) is 19.7 Å². The highest BCUT2D eigenvalue weighted by Gasteiger charge is 2.40. The van der Waals surface area contributed by atoms with Crippen LogP contribution in [-0.2, 0) is 17.9 Å². The molecule has 0 spiro atoms. The molecule has 1 fully saturated rings. The zero-order valence-corrected chi connectivity index (χ0v) is 11.8. The van der Waals surface area contributed by atoms with Crippen molar-refractivity contribution in [2.75, 3.05) is 13.1 Å². The van der Waals surface area contributed by atoms with E-state index in [1.54, 1.807) is 6.33 Å². The summed E-state index contributed by atoms with van der Waals surface area (Å²) in [7, 11) is 0. The molecular weight excluding hydrogens is 256 g/mol. The van der Waals surface area contributed by atoms with Crippen LogP contribution in [0.2, 0.25) is 0 Å². The summed E-state index contributed by atoms with van der Waals surface area (Å²) in [5.74, 6) is 0.330. The molecule has 110 valence electrons. The summed E-state index contributed by atoms with van der Waals surface area (Å²) in [6.45, 7) is 3.11. The molecule has 1 N–H and O–H groups in total. The highest BCUT2D eigenvalue weighted by molar-refractivity contribution is 5.75. The van der Waals surface area contributed by atoms with Crippen LogP contribution in [0.5, 0.6) is 0 Å². The van der Waals surface area contributed by atoms with E-state index < -0.39 is 11.4 Å². The molecule has 0 unspecified atom stereocenters. The number of hydrogen-bond donors (Lipinski definition) is 1. The van der Waals surface area contributed by atoms with Gasteiger partial charge < -0.3 is 9.67 Å². The van der Waals surface area contributed by atoms with Gasteiger partial charge in [0.25, 0.3) is 0 Å². The molecule has 0 aromatic carbocycles. The van der Waals surface area contributed by atoms with E-state index in [0.717, 1.165) is 51.1 Å². The van der Waals surface area contributed by atoms with Crippen LogP contribution in [-0.4, -0.2) is 43.8 Å². The Morgan fingerprint density at radius 2 is 2.00 bits per heavy atom. The van der Waals surface area contributed by atoms with E-state index in [9.17, 15) is 9.90 Å². The second kappa shape index (κ2) is 5.52. The third-order valence-corrected chi connectivity index (χ3v) is 4.76. The molecule has 1 aliphatic carbocycles. The van der Waals surface area contributed by atoms with E-state index in [-0.39, 0.29) is 0 Å². The van der Waals surface area contributed by atoms with Crippen molar-refractivity contribution in [3.8, 4) is 0 Å². The first-order valence-corrected chi connectivity index (χ1v) is 7.52. The standard InChI is InChI=1S/C14H22N4O2/c19-13(20)14(5-3-1-2-4-6-14)10-17-7-8-18-11-15-16-12(18)9-17/h11H,1-10H2,(H,19,20). The zero-order valence-electron chi connectivity index (χ0n) is 11.8. The number of aliphatic carboxylic acids is 1. The van der Waals surface area contributed by atoms with Crippen molar-refractivity contribution in [2.45, 2.75) is 51.6 Å². The van der Waals surface area contributed by atoms with Crippen LogP contribution < -0.4 is 0 Å². The Morgan fingerprint density at radius 3 is 2.70 bits per heavy atom. The summed E-state index contributed by atoms with van der Waals surface area (Å²) in [6, 6.07) is 0. The Morgan fingerprint density at radius 1 is 1.25 bits per heavy atom. The molecule has 0 saturated heterocycles. The van der Waals surface area contributed by atoms with Crippen molar-refractivity contribution in [1.82, 2.24) is 19.7 Å². The molecule has 0 radical (unpaired) electrons. The second-order valence-corrected chi connectivity index (χ2v) is 6.15. The van der Waals surface area contributed by atoms with Crippen LogP contribution in [0.3, 0.4) is 0 Å². The van der Waals surface area contributed by atoms with Crippen molar-refractivity contribution >= 4 is 5.97 Å². The number of carbonyl (C=O) groups is 1. The Hall–Kier alpha value is -1.43. The quantitative estimate of drug-likeness (QED) is 0.849. The Labute approximate surface area is 118 Å². The summed E-state index contributed by atoms with van der Waals surface area (Å²) in [5, 5.41) is 17.8. The molecule has 1 aromatic heterocycles. The molecule has 1 saturated carbocycles. The second-order valence-electron chi connectivity index (χ2n) is 6.15. The number of rotatable bonds is 3. The average Bonchev–Trinajstić information content (AvgIpc) is 2.76. The van der Waals surface area contributed by atoms with Gasteiger partial charge in [-0.15, -0.1) is 10.2 Å². The molecule has 0 atom stereocenters. The minimum Gasteiger partial charge on any atom is -0.481 e. The fraction of sp³-hybridized carbons (Fsp3) is 0.786. The van der Waals surface area contributed by atoms with Gasteiger partial charge in [-0.25, -0.2) is 0 Å². The Kier molecular flexibility index (Phi) is 3.74. The number of carboxylic acids is 1. The van der Waals surface area contributed by atoms with Crippen molar-refractivity contribution in [1.29, 1.82) is 0 Å². The van der Waals surface area contributed by atoms with Gasteiger partial charge in [0.2, 0.25) is 0 Å². The van der Waals surface area contributed by atoms with E-state index in [1.165, 1.54) is 12.8 Å². The van der Waals surface area contributed by atoms with Crippen molar-refractivity contribution in [3.63, 3.8) is 0 Å². The molecule has 6 nitrogen and oxygen atoms in total. The molecule has 2 heterocycles. The van der Waals surface area contributed by atoms with Crippen LogP contribution in [0.4, 0.5) is 0 Å². The summed E-state index contributed by atoms with van der Waals surface area (Å²) in [5.41, 5.74) is -0.557.